The van der Waals surface area contributed by atoms with Gasteiger partial charge in [0.1, 0.15) is 0 Å². The zero-order valence-electron chi connectivity index (χ0n) is 12.2. The first-order chi connectivity index (χ1) is 9.41. The molecule has 0 saturated carbocycles. The molecule has 110 valence electrons. The van der Waals surface area contributed by atoms with E-state index >= 15 is 0 Å². The van der Waals surface area contributed by atoms with E-state index in [1.54, 1.807) is 19.1 Å². The number of amides is 1. The van der Waals surface area contributed by atoms with Crippen LogP contribution in [0.2, 0.25) is 0 Å². The van der Waals surface area contributed by atoms with Crippen molar-refractivity contribution in [1.82, 2.24) is 0 Å². The third-order valence-corrected chi connectivity index (χ3v) is 4.04. The van der Waals surface area contributed by atoms with E-state index < -0.39 is 11.4 Å². The zero-order chi connectivity index (χ0) is 15.3. The van der Waals surface area contributed by atoms with Crippen LogP contribution in [0.1, 0.15) is 42.6 Å². The Morgan fingerprint density at radius 2 is 1.90 bits per heavy atom. The summed E-state index contributed by atoms with van der Waals surface area (Å²) in [6.07, 6.45) is 1.28. The first kappa shape index (κ1) is 16.2. The van der Waals surface area contributed by atoms with Crippen LogP contribution in [0.3, 0.4) is 0 Å². The van der Waals surface area contributed by atoms with Gasteiger partial charge in [-0.2, -0.15) is 0 Å². The second-order valence-corrected chi connectivity index (χ2v) is 4.93. The molecule has 0 radical (unpaired) electrons. The first-order valence-corrected chi connectivity index (χ1v) is 6.76. The molecule has 0 aliphatic heterocycles. The number of hydrogen-bond donors (Lipinski definition) is 3. The molecule has 0 spiro atoms. The molecule has 0 aliphatic rings. The van der Waals surface area contributed by atoms with Gasteiger partial charge in [-0.05, 0) is 37.5 Å². The van der Waals surface area contributed by atoms with Crippen LogP contribution in [0, 0.1) is 12.3 Å². The number of aromatic carboxylic acids is 1. The number of carbonyl (C=O) groups is 2. The van der Waals surface area contributed by atoms with E-state index in [0.29, 0.717) is 24.1 Å². The molecule has 20 heavy (non-hydrogen) atoms. The van der Waals surface area contributed by atoms with E-state index in [0.717, 1.165) is 0 Å². The van der Waals surface area contributed by atoms with Crippen molar-refractivity contribution in [2.24, 2.45) is 11.1 Å². The fourth-order valence-corrected chi connectivity index (χ4v) is 2.21. The third-order valence-electron chi connectivity index (χ3n) is 4.04. The molecule has 0 aromatic heterocycles. The number of nitrogens with two attached hydrogens (primary N) is 1. The third kappa shape index (κ3) is 2.99. The van der Waals surface area contributed by atoms with E-state index in [1.807, 2.05) is 13.8 Å². The van der Waals surface area contributed by atoms with Crippen LogP contribution in [0.15, 0.2) is 18.2 Å². The summed E-state index contributed by atoms with van der Waals surface area (Å²) in [5, 5.41) is 11.9. The van der Waals surface area contributed by atoms with Gasteiger partial charge in [0.25, 0.3) is 0 Å². The van der Waals surface area contributed by atoms with Crippen LogP contribution >= 0.6 is 0 Å². The van der Waals surface area contributed by atoms with Crippen molar-refractivity contribution >= 4 is 17.6 Å². The molecule has 1 aromatic rings. The molecule has 0 atom stereocenters. The van der Waals surface area contributed by atoms with Gasteiger partial charge >= 0.3 is 5.97 Å². The Bertz CT molecular complexity index is 500. The summed E-state index contributed by atoms with van der Waals surface area (Å²) in [6, 6.07) is 4.84. The Morgan fingerprint density at radius 3 is 2.35 bits per heavy atom. The van der Waals surface area contributed by atoms with Gasteiger partial charge in [-0.1, -0.05) is 19.9 Å². The van der Waals surface area contributed by atoms with Gasteiger partial charge in [0.15, 0.2) is 0 Å². The first-order valence-electron chi connectivity index (χ1n) is 6.76. The standard InChI is InChI=1S/C15H22N2O3/c1-4-15(5-2,9-16)14(20)17-12-8-6-7-11(10(12)3)13(18)19/h6-8H,4-5,9,16H2,1-3H3,(H,17,20)(H,18,19). The van der Waals surface area contributed by atoms with Crippen molar-refractivity contribution in [3.63, 3.8) is 0 Å². The number of hydrogen-bond acceptors (Lipinski definition) is 3. The van der Waals surface area contributed by atoms with Gasteiger partial charge < -0.3 is 16.2 Å². The minimum atomic E-state index is -1.00. The van der Waals surface area contributed by atoms with Gasteiger partial charge in [0.2, 0.25) is 5.91 Å². The molecule has 1 amide bonds. The lowest BCUT2D eigenvalue weighted by molar-refractivity contribution is -0.125. The highest BCUT2D eigenvalue weighted by Gasteiger charge is 2.33. The highest BCUT2D eigenvalue weighted by Crippen LogP contribution is 2.28. The molecule has 0 fully saturated rings. The SMILES string of the molecule is CCC(CC)(CN)C(=O)Nc1cccc(C(=O)O)c1C. The topological polar surface area (TPSA) is 92.4 Å². The van der Waals surface area contributed by atoms with Crippen molar-refractivity contribution in [3.05, 3.63) is 29.3 Å². The summed E-state index contributed by atoms with van der Waals surface area (Å²) in [4.78, 5) is 23.5. The molecular formula is C15H22N2O3. The predicted molar refractivity (Wildman–Crippen MR) is 78.8 cm³/mol. The number of nitrogens with one attached hydrogen (secondary N) is 1. The number of carboxylic acids is 1. The fraction of sp³-hybridized carbons (Fsp3) is 0.467. The van der Waals surface area contributed by atoms with E-state index in [1.165, 1.54) is 6.07 Å². The van der Waals surface area contributed by atoms with E-state index in [9.17, 15) is 9.59 Å². The molecule has 1 rings (SSSR count). The van der Waals surface area contributed by atoms with E-state index in [4.69, 9.17) is 10.8 Å². The Morgan fingerprint density at radius 1 is 1.30 bits per heavy atom. The molecule has 0 unspecified atom stereocenters. The summed E-state index contributed by atoms with van der Waals surface area (Å²) < 4.78 is 0. The minimum absolute atomic E-state index is 0.157. The maximum atomic E-state index is 12.4. The zero-order valence-corrected chi connectivity index (χ0v) is 12.2. The van der Waals surface area contributed by atoms with Crippen molar-refractivity contribution in [2.75, 3.05) is 11.9 Å². The molecule has 4 N–H and O–H groups in total. The van der Waals surface area contributed by atoms with Crippen molar-refractivity contribution < 1.29 is 14.7 Å². The summed E-state index contributed by atoms with van der Waals surface area (Å²) in [5.74, 6) is -1.16. The minimum Gasteiger partial charge on any atom is -0.478 e. The average molecular weight is 278 g/mol. The van der Waals surface area contributed by atoms with Gasteiger partial charge in [0, 0.05) is 12.2 Å². The highest BCUT2D eigenvalue weighted by atomic mass is 16.4. The largest absolute Gasteiger partial charge is 0.478 e. The number of rotatable bonds is 6. The summed E-state index contributed by atoms with van der Waals surface area (Å²) >= 11 is 0. The quantitative estimate of drug-likeness (QED) is 0.745. The average Bonchev–Trinajstić information content (AvgIpc) is 2.43. The van der Waals surface area contributed by atoms with Gasteiger partial charge in [0.05, 0.1) is 11.0 Å². The van der Waals surface area contributed by atoms with Gasteiger partial charge in [-0.15, -0.1) is 0 Å². The molecular weight excluding hydrogens is 256 g/mol. The number of carbonyl (C=O) groups excluding carboxylic acids is 1. The molecule has 0 aliphatic carbocycles. The normalized spacial score (nSPS) is 11.2. The van der Waals surface area contributed by atoms with E-state index in [2.05, 4.69) is 5.32 Å². The fourth-order valence-electron chi connectivity index (χ4n) is 2.21. The lowest BCUT2D eigenvalue weighted by atomic mass is 9.81. The van der Waals surface area contributed by atoms with Gasteiger partial charge in [-0.3, -0.25) is 4.79 Å². The Hall–Kier alpha value is -1.88. The van der Waals surface area contributed by atoms with Crippen molar-refractivity contribution in [2.45, 2.75) is 33.6 Å². The summed E-state index contributed by atoms with van der Waals surface area (Å²) in [7, 11) is 0. The number of carboxylic acid groups (broad SMARTS) is 1. The lowest BCUT2D eigenvalue weighted by Crippen LogP contribution is -2.41. The van der Waals surface area contributed by atoms with Crippen LogP contribution in [0.4, 0.5) is 5.69 Å². The molecule has 1 aromatic carbocycles. The molecule has 0 heterocycles. The van der Waals surface area contributed by atoms with Crippen LogP contribution in [0.5, 0.6) is 0 Å². The Kier molecular flexibility index (Phi) is 5.27. The predicted octanol–water partition coefficient (Wildman–Crippen LogP) is 2.40. The van der Waals surface area contributed by atoms with Crippen molar-refractivity contribution in [1.29, 1.82) is 0 Å². The second-order valence-electron chi connectivity index (χ2n) is 4.93. The molecule has 5 nitrogen and oxygen atoms in total. The highest BCUT2D eigenvalue weighted by molar-refractivity contribution is 5.98. The monoisotopic (exact) mass is 278 g/mol. The Labute approximate surface area is 119 Å². The molecule has 0 saturated heterocycles. The summed E-state index contributed by atoms with van der Waals surface area (Å²) in [5.41, 5.74) is 6.40. The van der Waals surface area contributed by atoms with Crippen LogP contribution in [0.25, 0.3) is 0 Å². The van der Waals surface area contributed by atoms with E-state index in [-0.39, 0.29) is 18.0 Å². The maximum Gasteiger partial charge on any atom is 0.336 e. The summed E-state index contributed by atoms with van der Waals surface area (Å²) in [6.45, 7) is 5.80. The maximum absolute atomic E-state index is 12.4. The van der Waals surface area contributed by atoms with Gasteiger partial charge in [-0.25, -0.2) is 4.79 Å². The number of anilines is 1. The van der Waals surface area contributed by atoms with Crippen molar-refractivity contribution in [3.8, 4) is 0 Å². The lowest BCUT2D eigenvalue weighted by Gasteiger charge is -2.29. The Balaban J connectivity index is 3.08. The second kappa shape index (κ2) is 6.52. The number of benzene rings is 1. The smallest absolute Gasteiger partial charge is 0.336 e. The molecule has 0 bridgehead atoms. The molecule has 5 heteroatoms. The van der Waals surface area contributed by atoms with Crippen LogP contribution < -0.4 is 11.1 Å². The van der Waals surface area contributed by atoms with Crippen LogP contribution in [-0.2, 0) is 4.79 Å². The van der Waals surface area contributed by atoms with Crippen LogP contribution in [-0.4, -0.2) is 23.5 Å².